The fourth-order valence-corrected chi connectivity index (χ4v) is 2.75. The lowest BCUT2D eigenvalue weighted by Crippen LogP contribution is -2.35. The van der Waals surface area contributed by atoms with Crippen LogP contribution in [0.25, 0.3) is 0 Å². The smallest absolute Gasteiger partial charge is 0.356 e. The number of benzene rings is 2. The molecule has 0 aromatic heterocycles. The average molecular weight is 409 g/mol. The highest BCUT2D eigenvalue weighted by Gasteiger charge is 2.32. The third kappa shape index (κ3) is 5.11. The second kappa shape index (κ2) is 10.0. The molecule has 0 fully saturated rings. The Morgan fingerprint density at radius 3 is 2.43 bits per heavy atom. The molecule has 0 aliphatic carbocycles. The fourth-order valence-electron chi connectivity index (χ4n) is 2.75. The molecule has 0 saturated heterocycles. The number of anilines is 2. The van der Waals surface area contributed by atoms with Crippen LogP contribution in [0.2, 0.25) is 0 Å². The van der Waals surface area contributed by atoms with Gasteiger partial charge in [-0.05, 0) is 49.4 Å². The topological polar surface area (TPSA) is 97.9 Å². The summed E-state index contributed by atoms with van der Waals surface area (Å²) in [5, 5.41) is 2.77. The Kier molecular flexibility index (Phi) is 6.94. The van der Waals surface area contributed by atoms with Crippen molar-refractivity contribution >= 4 is 23.3 Å². The maximum absolute atomic E-state index is 12.8. The summed E-state index contributed by atoms with van der Waals surface area (Å²) >= 11 is 0. The van der Waals surface area contributed by atoms with Gasteiger partial charge in [-0.25, -0.2) is 4.79 Å². The summed E-state index contributed by atoms with van der Waals surface area (Å²) in [6, 6.07) is 16.1. The standard InChI is InChI=1S/C22H23N3O5/c1-3-29-22(27)19(25-24-16-7-5-4-6-8-16)18-13-14-30-20(18)21(26)23-15-9-11-17(28-2)12-10-15/h4-14,20,24-25H,3H2,1-2H3,(H,23,26). The number of esters is 1. The van der Waals surface area contributed by atoms with Gasteiger partial charge in [-0.15, -0.1) is 0 Å². The van der Waals surface area contributed by atoms with Gasteiger partial charge >= 0.3 is 5.97 Å². The van der Waals surface area contributed by atoms with Crippen LogP contribution in [0.3, 0.4) is 0 Å². The highest BCUT2D eigenvalue weighted by molar-refractivity contribution is 5.99. The van der Waals surface area contributed by atoms with Crippen molar-refractivity contribution in [2.75, 3.05) is 24.5 Å². The molecule has 0 spiro atoms. The molecule has 1 aliphatic rings. The lowest BCUT2D eigenvalue weighted by molar-refractivity contribution is -0.139. The van der Waals surface area contributed by atoms with Crippen molar-refractivity contribution < 1.29 is 23.8 Å². The van der Waals surface area contributed by atoms with E-state index in [9.17, 15) is 9.59 Å². The third-order valence-electron chi connectivity index (χ3n) is 4.21. The molecule has 0 radical (unpaired) electrons. The molecule has 3 rings (SSSR count). The van der Waals surface area contributed by atoms with Crippen LogP contribution in [0, 0.1) is 0 Å². The third-order valence-corrected chi connectivity index (χ3v) is 4.21. The number of carbonyl (C=O) groups is 2. The zero-order valence-corrected chi connectivity index (χ0v) is 16.7. The quantitative estimate of drug-likeness (QED) is 0.350. The van der Waals surface area contributed by atoms with E-state index in [0.717, 1.165) is 5.69 Å². The molecule has 2 aromatic rings. The molecule has 0 bridgehead atoms. The van der Waals surface area contributed by atoms with E-state index in [2.05, 4.69) is 16.2 Å². The number of ether oxygens (including phenoxy) is 3. The van der Waals surface area contributed by atoms with Gasteiger partial charge in [0.05, 0.1) is 25.7 Å². The van der Waals surface area contributed by atoms with Crippen LogP contribution in [-0.4, -0.2) is 31.7 Å². The number of rotatable bonds is 8. The van der Waals surface area contributed by atoms with Crippen molar-refractivity contribution in [1.29, 1.82) is 0 Å². The number of hydrogen-bond donors (Lipinski definition) is 3. The highest BCUT2D eigenvalue weighted by Crippen LogP contribution is 2.23. The van der Waals surface area contributed by atoms with Gasteiger partial charge in [0.2, 0.25) is 6.10 Å². The zero-order chi connectivity index (χ0) is 21.3. The van der Waals surface area contributed by atoms with Gasteiger partial charge in [-0.2, -0.15) is 0 Å². The molecule has 1 aliphatic heterocycles. The number of carbonyl (C=O) groups excluding carboxylic acids is 2. The molecular formula is C22H23N3O5. The van der Waals surface area contributed by atoms with Gasteiger partial charge in [-0.3, -0.25) is 10.2 Å². The predicted molar refractivity (Wildman–Crippen MR) is 112 cm³/mol. The largest absolute Gasteiger partial charge is 0.497 e. The molecule has 3 N–H and O–H groups in total. The number of nitrogens with one attached hydrogen (secondary N) is 3. The molecule has 2 aromatic carbocycles. The summed E-state index contributed by atoms with van der Waals surface area (Å²) in [4.78, 5) is 25.3. The van der Waals surface area contributed by atoms with Gasteiger partial charge in [-0.1, -0.05) is 18.2 Å². The summed E-state index contributed by atoms with van der Waals surface area (Å²) in [5.41, 5.74) is 7.54. The Bertz CT molecular complexity index is 939. The number of methoxy groups -OCH3 is 1. The maximum atomic E-state index is 12.8. The summed E-state index contributed by atoms with van der Waals surface area (Å²) in [6.07, 6.45) is 1.91. The number of hydrogen-bond acceptors (Lipinski definition) is 7. The first-order valence-corrected chi connectivity index (χ1v) is 9.37. The van der Waals surface area contributed by atoms with E-state index in [0.29, 0.717) is 17.0 Å². The summed E-state index contributed by atoms with van der Waals surface area (Å²) < 4.78 is 15.7. The Morgan fingerprint density at radius 2 is 1.77 bits per heavy atom. The highest BCUT2D eigenvalue weighted by atomic mass is 16.5. The lowest BCUT2D eigenvalue weighted by Gasteiger charge is -2.18. The maximum Gasteiger partial charge on any atom is 0.356 e. The molecule has 1 amide bonds. The van der Waals surface area contributed by atoms with Crippen LogP contribution in [-0.2, 0) is 19.1 Å². The number of hydrazine groups is 1. The molecule has 1 atom stereocenters. The second-order valence-corrected chi connectivity index (χ2v) is 6.20. The first kappa shape index (κ1) is 20.8. The van der Waals surface area contributed by atoms with Gasteiger partial charge in [0.1, 0.15) is 11.4 Å². The average Bonchev–Trinajstić information content (AvgIpc) is 3.25. The van der Waals surface area contributed by atoms with Crippen molar-refractivity contribution in [2.45, 2.75) is 13.0 Å². The van der Waals surface area contributed by atoms with Crippen LogP contribution in [0.4, 0.5) is 11.4 Å². The van der Waals surface area contributed by atoms with Crippen LogP contribution >= 0.6 is 0 Å². The number of para-hydroxylation sites is 1. The Labute approximate surface area is 174 Å². The van der Waals surface area contributed by atoms with Crippen LogP contribution in [0.5, 0.6) is 5.75 Å². The zero-order valence-electron chi connectivity index (χ0n) is 16.7. The molecular weight excluding hydrogens is 386 g/mol. The summed E-state index contributed by atoms with van der Waals surface area (Å²) in [6.45, 7) is 1.90. The minimum absolute atomic E-state index is 0.0873. The van der Waals surface area contributed by atoms with E-state index in [4.69, 9.17) is 14.2 Å². The van der Waals surface area contributed by atoms with Crippen LogP contribution in [0.1, 0.15) is 6.92 Å². The van der Waals surface area contributed by atoms with Gasteiger partial charge in [0.15, 0.2) is 0 Å². The Hall–Kier alpha value is -3.94. The minimum Gasteiger partial charge on any atom is -0.497 e. The molecule has 1 heterocycles. The lowest BCUT2D eigenvalue weighted by atomic mass is 10.1. The van der Waals surface area contributed by atoms with Gasteiger partial charge in [0.25, 0.3) is 5.91 Å². The minimum atomic E-state index is -1.02. The van der Waals surface area contributed by atoms with Gasteiger partial charge < -0.3 is 25.0 Å². The molecule has 8 heteroatoms. The second-order valence-electron chi connectivity index (χ2n) is 6.20. The van der Waals surface area contributed by atoms with Crippen LogP contribution < -0.4 is 20.9 Å². The molecule has 8 nitrogen and oxygen atoms in total. The van der Waals surface area contributed by atoms with Crippen molar-refractivity contribution in [2.24, 2.45) is 0 Å². The van der Waals surface area contributed by atoms with E-state index in [1.165, 1.54) is 6.26 Å². The van der Waals surface area contributed by atoms with E-state index >= 15 is 0 Å². The first-order valence-electron chi connectivity index (χ1n) is 9.37. The predicted octanol–water partition coefficient (Wildman–Crippen LogP) is 2.98. The van der Waals surface area contributed by atoms with E-state index < -0.39 is 18.0 Å². The van der Waals surface area contributed by atoms with Crippen LogP contribution in [0.15, 0.2) is 78.2 Å². The van der Waals surface area contributed by atoms with E-state index in [1.807, 2.05) is 30.3 Å². The molecule has 30 heavy (non-hydrogen) atoms. The monoisotopic (exact) mass is 409 g/mol. The van der Waals surface area contributed by atoms with Crippen molar-refractivity contribution in [3.8, 4) is 5.75 Å². The molecule has 1 unspecified atom stereocenters. The normalized spacial score (nSPS) is 16.3. The molecule has 0 saturated carbocycles. The van der Waals surface area contributed by atoms with Crippen molar-refractivity contribution in [3.63, 3.8) is 0 Å². The number of amides is 1. The van der Waals surface area contributed by atoms with Crippen molar-refractivity contribution in [3.05, 3.63) is 78.2 Å². The Balaban J connectivity index is 1.80. The Morgan fingerprint density at radius 1 is 1.03 bits per heavy atom. The summed E-state index contributed by atoms with van der Waals surface area (Å²) in [7, 11) is 1.57. The summed E-state index contributed by atoms with van der Waals surface area (Å²) in [5.74, 6) is -0.357. The van der Waals surface area contributed by atoms with E-state index in [-0.39, 0.29) is 12.3 Å². The van der Waals surface area contributed by atoms with Crippen molar-refractivity contribution in [1.82, 2.24) is 5.43 Å². The SMILES string of the molecule is CCOC(=O)C(NNc1ccccc1)=C1C=COC1C(=O)Nc1ccc(OC)cc1. The first-order chi connectivity index (χ1) is 14.6. The fraction of sp³-hybridized carbons (Fsp3) is 0.182. The van der Waals surface area contributed by atoms with E-state index in [1.54, 1.807) is 44.4 Å². The van der Waals surface area contributed by atoms with Gasteiger partial charge in [0, 0.05) is 11.3 Å². The molecule has 156 valence electrons.